The van der Waals surface area contributed by atoms with Crippen molar-refractivity contribution in [2.45, 2.75) is 45.3 Å². The van der Waals surface area contributed by atoms with E-state index in [2.05, 4.69) is 0 Å². The van der Waals surface area contributed by atoms with E-state index in [1.807, 2.05) is 13.8 Å². The van der Waals surface area contributed by atoms with Gasteiger partial charge in [0, 0.05) is 12.1 Å². The molecule has 0 spiro atoms. The molecule has 5 heteroatoms. The first-order chi connectivity index (χ1) is 9.84. The summed E-state index contributed by atoms with van der Waals surface area (Å²) in [6.07, 6.45) is 1.27. The van der Waals surface area contributed by atoms with E-state index in [-0.39, 0.29) is 12.0 Å². The summed E-state index contributed by atoms with van der Waals surface area (Å²) in [5.41, 5.74) is -0.620. The standard InChI is InChI=1S/C16H21NO4/c1-11(2)21-13-7-5-12(6-8-13)14(18)17-10-4-9-16(17,3)15(19)20/h5-8,11H,4,9-10H2,1-3H3,(H,19,20). The lowest BCUT2D eigenvalue weighted by molar-refractivity contribution is -0.147. The van der Waals surface area contributed by atoms with Gasteiger partial charge in [-0.2, -0.15) is 0 Å². The van der Waals surface area contributed by atoms with Gasteiger partial charge in [-0.15, -0.1) is 0 Å². The van der Waals surface area contributed by atoms with Crippen LogP contribution in [-0.2, 0) is 4.79 Å². The third-order valence-electron chi connectivity index (χ3n) is 3.82. The monoisotopic (exact) mass is 291 g/mol. The highest BCUT2D eigenvalue weighted by molar-refractivity contribution is 5.98. The molecule has 0 radical (unpaired) electrons. The van der Waals surface area contributed by atoms with Crippen LogP contribution in [0.25, 0.3) is 0 Å². The Labute approximate surface area is 124 Å². The molecule has 1 amide bonds. The zero-order valence-corrected chi connectivity index (χ0v) is 12.6. The van der Waals surface area contributed by atoms with Crippen molar-refractivity contribution in [3.05, 3.63) is 29.8 Å². The number of carboxylic acids is 1. The van der Waals surface area contributed by atoms with E-state index in [1.165, 1.54) is 4.90 Å². The van der Waals surface area contributed by atoms with Crippen molar-refractivity contribution in [3.8, 4) is 5.75 Å². The van der Waals surface area contributed by atoms with Crippen molar-refractivity contribution in [2.24, 2.45) is 0 Å². The molecule has 1 saturated heterocycles. The van der Waals surface area contributed by atoms with Crippen LogP contribution in [0.1, 0.15) is 44.0 Å². The second-order valence-electron chi connectivity index (χ2n) is 5.83. The minimum Gasteiger partial charge on any atom is -0.491 e. The minimum atomic E-state index is -1.11. The predicted octanol–water partition coefficient (Wildman–Crippen LogP) is 2.55. The van der Waals surface area contributed by atoms with Crippen molar-refractivity contribution in [2.75, 3.05) is 6.54 Å². The molecule has 114 valence electrons. The van der Waals surface area contributed by atoms with Crippen LogP contribution in [0.2, 0.25) is 0 Å². The Morgan fingerprint density at radius 2 is 1.90 bits per heavy atom. The number of carbonyl (C=O) groups is 2. The fourth-order valence-corrected chi connectivity index (χ4v) is 2.62. The average molecular weight is 291 g/mol. The predicted molar refractivity (Wildman–Crippen MR) is 78.5 cm³/mol. The number of carboxylic acid groups (broad SMARTS) is 1. The number of benzene rings is 1. The molecule has 1 fully saturated rings. The summed E-state index contributed by atoms with van der Waals surface area (Å²) in [6.45, 7) is 5.95. The molecule has 1 aromatic rings. The fourth-order valence-electron chi connectivity index (χ4n) is 2.62. The molecule has 0 bridgehead atoms. The molecule has 1 aromatic carbocycles. The number of rotatable bonds is 4. The van der Waals surface area contributed by atoms with Gasteiger partial charge in [0.1, 0.15) is 11.3 Å². The van der Waals surface area contributed by atoms with Crippen molar-refractivity contribution in [1.82, 2.24) is 4.90 Å². The van der Waals surface area contributed by atoms with Gasteiger partial charge in [0.25, 0.3) is 5.91 Å². The first kappa shape index (κ1) is 15.4. The SMILES string of the molecule is CC(C)Oc1ccc(C(=O)N2CCCC2(C)C(=O)O)cc1. The van der Waals surface area contributed by atoms with Crippen molar-refractivity contribution < 1.29 is 19.4 Å². The van der Waals surface area contributed by atoms with Gasteiger partial charge in [0.15, 0.2) is 0 Å². The average Bonchev–Trinajstić information content (AvgIpc) is 2.81. The molecule has 2 rings (SSSR count). The Kier molecular flexibility index (Phi) is 4.21. The molecule has 0 aliphatic carbocycles. The highest BCUT2D eigenvalue weighted by atomic mass is 16.5. The van der Waals surface area contributed by atoms with Crippen molar-refractivity contribution >= 4 is 11.9 Å². The first-order valence-electron chi connectivity index (χ1n) is 7.16. The van der Waals surface area contributed by atoms with E-state index in [0.717, 1.165) is 0 Å². The topological polar surface area (TPSA) is 66.8 Å². The summed E-state index contributed by atoms with van der Waals surface area (Å²) in [7, 11) is 0. The number of aliphatic carboxylic acids is 1. The third kappa shape index (κ3) is 3.01. The molecule has 0 aromatic heterocycles. The van der Waals surface area contributed by atoms with Crippen molar-refractivity contribution in [1.29, 1.82) is 0 Å². The molecular formula is C16H21NO4. The summed E-state index contributed by atoms with van der Waals surface area (Å²) in [6, 6.07) is 6.84. The zero-order chi connectivity index (χ0) is 15.6. The summed E-state index contributed by atoms with van der Waals surface area (Å²) in [4.78, 5) is 25.4. The van der Waals surface area contributed by atoms with Gasteiger partial charge in [-0.3, -0.25) is 4.79 Å². The molecule has 1 unspecified atom stereocenters. The van der Waals surface area contributed by atoms with E-state index < -0.39 is 11.5 Å². The number of carbonyl (C=O) groups excluding carboxylic acids is 1. The second-order valence-corrected chi connectivity index (χ2v) is 5.83. The van der Waals surface area contributed by atoms with E-state index in [9.17, 15) is 14.7 Å². The molecule has 1 aliphatic rings. The second kappa shape index (κ2) is 5.76. The van der Waals surface area contributed by atoms with Gasteiger partial charge in [-0.05, 0) is 57.9 Å². The molecule has 1 atom stereocenters. The Morgan fingerprint density at radius 1 is 1.29 bits per heavy atom. The van der Waals surface area contributed by atoms with Crippen LogP contribution in [-0.4, -0.2) is 40.1 Å². The maximum atomic E-state index is 12.5. The van der Waals surface area contributed by atoms with Crippen LogP contribution in [0.3, 0.4) is 0 Å². The lowest BCUT2D eigenvalue weighted by Gasteiger charge is -2.31. The molecule has 1 N–H and O–H groups in total. The largest absolute Gasteiger partial charge is 0.491 e. The van der Waals surface area contributed by atoms with Gasteiger partial charge in [0.2, 0.25) is 0 Å². The maximum Gasteiger partial charge on any atom is 0.329 e. The number of hydrogen-bond donors (Lipinski definition) is 1. The minimum absolute atomic E-state index is 0.0698. The van der Waals surface area contributed by atoms with E-state index in [0.29, 0.717) is 30.7 Å². The maximum absolute atomic E-state index is 12.5. The number of nitrogens with zero attached hydrogens (tertiary/aromatic N) is 1. The molecule has 0 saturated carbocycles. The molecule has 5 nitrogen and oxygen atoms in total. The number of likely N-dealkylation sites (tertiary alicyclic amines) is 1. The van der Waals surface area contributed by atoms with Gasteiger partial charge in [-0.1, -0.05) is 0 Å². The number of hydrogen-bond acceptors (Lipinski definition) is 3. The van der Waals surface area contributed by atoms with Crippen LogP contribution in [0.5, 0.6) is 5.75 Å². The fraction of sp³-hybridized carbons (Fsp3) is 0.500. The van der Waals surface area contributed by atoms with Crippen LogP contribution < -0.4 is 4.74 Å². The molecule has 1 heterocycles. The Morgan fingerprint density at radius 3 is 2.43 bits per heavy atom. The lowest BCUT2D eigenvalue weighted by atomic mass is 9.98. The molecular weight excluding hydrogens is 270 g/mol. The molecule has 21 heavy (non-hydrogen) atoms. The summed E-state index contributed by atoms with van der Waals surface area (Å²) in [5, 5.41) is 9.37. The number of ether oxygens (including phenoxy) is 1. The Balaban J connectivity index is 2.18. The first-order valence-corrected chi connectivity index (χ1v) is 7.16. The van der Waals surface area contributed by atoms with E-state index in [4.69, 9.17) is 4.74 Å². The van der Waals surface area contributed by atoms with Crippen molar-refractivity contribution in [3.63, 3.8) is 0 Å². The zero-order valence-electron chi connectivity index (χ0n) is 12.6. The van der Waals surface area contributed by atoms with Gasteiger partial charge in [0.05, 0.1) is 6.10 Å². The third-order valence-corrected chi connectivity index (χ3v) is 3.82. The van der Waals surface area contributed by atoms with Crippen LogP contribution >= 0.6 is 0 Å². The van der Waals surface area contributed by atoms with Gasteiger partial charge < -0.3 is 14.7 Å². The summed E-state index contributed by atoms with van der Waals surface area (Å²) >= 11 is 0. The van der Waals surface area contributed by atoms with E-state index >= 15 is 0 Å². The van der Waals surface area contributed by atoms with Crippen LogP contribution in [0.4, 0.5) is 0 Å². The molecule has 1 aliphatic heterocycles. The number of amides is 1. The van der Waals surface area contributed by atoms with Gasteiger partial charge >= 0.3 is 5.97 Å². The highest BCUT2D eigenvalue weighted by Gasteiger charge is 2.46. The Bertz CT molecular complexity index is 538. The Hall–Kier alpha value is -2.04. The van der Waals surface area contributed by atoms with Crippen LogP contribution in [0, 0.1) is 0 Å². The van der Waals surface area contributed by atoms with Crippen LogP contribution in [0.15, 0.2) is 24.3 Å². The lowest BCUT2D eigenvalue weighted by Crippen LogP contribution is -2.50. The summed E-state index contributed by atoms with van der Waals surface area (Å²) in [5.74, 6) is -0.495. The van der Waals surface area contributed by atoms with Gasteiger partial charge in [-0.25, -0.2) is 4.79 Å². The van der Waals surface area contributed by atoms with E-state index in [1.54, 1.807) is 31.2 Å². The smallest absolute Gasteiger partial charge is 0.329 e. The normalized spacial score (nSPS) is 21.6. The highest BCUT2D eigenvalue weighted by Crippen LogP contribution is 2.31. The quantitative estimate of drug-likeness (QED) is 0.925. The summed E-state index contributed by atoms with van der Waals surface area (Å²) < 4.78 is 5.53.